The Morgan fingerprint density at radius 2 is 1.60 bits per heavy atom. The first kappa shape index (κ1) is 17.2. The molecule has 0 aromatic heterocycles. The monoisotopic (exact) mass is 277 g/mol. The zero-order valence-electron chi connectivity index (χ0n) is 14.0. The van der Waals surface area contributed by atoms with Gasteiger partial charge in [0, 0.05) is 12.5 Å². The molecule has 0 saturated heterocycles. The van der Waals surface area contributed by atoms with Crippen molar-refractivity contribution in [1.82, 2.24) is 5.32 Å². The van der Waals surface area contributed by atoms with E-state index in [0.717, 1.165) is 13.0 Å². The van der Waals surface area contributed by atoms with Crippen molar-refractivity contribution >= 4 is 0 Å². The van der Waals surface area contributed by atoms with Crippen LogP contribution in [0.15, 0.2) is 24.3 Å². The summed E-state index contributed by atoms with van der Waals surface area (Å²) >= 11 is 0. The van der Waals surface area contributed by atoms with Crippen LogP contribution in [0.2, 0.25) is 0 Å². The van der Waals surface area contributed by atoms with Gasteiger partial charge < -0.3 is 10.4 Å². The number of nitrogens with one attached hydrogen (secondary N) is 1. The molecule has 1 rings (SSSR count). The van der Waals surface area contributed by atoms with Crippen LogP contribution in [0.4, 0.5) is 0 Å². The molecule has 0 fully saturated rings. The Labute approximate surface area is 124 Å². The summed E-state index contributed by atoms with van der Waals surface area (Å²) in [6.45, 7) is 13.7. The predicted molar refractivity (Wildman–Crippen MR) is 87.2 cm³/mol. The van der Waals surface area contributed by atoms with Gasteiger partial charge in [0.1, 0.15) is 0 Å². The van der Waals surface area contributed by atoms with E-state index in [1.165, 1.54) is 11.1 Å². The molecular weight excluding hydrogens is 246 g/mol. The largest absolute Gasteiger partial charge is 0.390 e. The van der Waals surface area contributed by atoms with Crippen molar-refractivity contribution in [1.29, 1.82) is 0 Å². The smallest absolute Gasteiger partial charge is 0.0672 e. The van der Waals surface area contributed by atoms with Crippen LogP contribution in [0, 0.1) is 0 Å². The van der Waals surface area contributed by atoms with E-state index in [0.29, 0.717) is 12.5 Å². The molecule has 0 heterocycles. The highest BCUT2D eigenvalue weighted by atomic mass is 16.3. The van der Waals surface area contributed by atoms with Crippen molar-refractivity contribution in [3.8, 4) is 0 Å². The SMILES string of the molecule is CC(C)NCCC(C)(O)Cc1ccc(C(C)(C)C)cc1. The first-order valence-electron chi connectivity index (χ1n) is 7.65. The van der Waals surface area contributed by atoms with Crippen LogP contribution < -0.4 is 5.32 Å². The summed E-state index contributed by atoms with van der Waals surface area (Å²) in [6, 6.07) is 9.11. The summed E-state index contributed by atoms with van der Waals surface area (Å²) in [5.41, 5.74) is 2.07. The Kier molecular flexibility index (Phi) is 5.79. The molecule has 1 unspecified atom stereocenters. The molecule has 0 radical (unpaired) electrons. The minimum atomic E-state index is -0.648. The molecule has 1 aromatic rings. The number of hydrogen-bond donors (Lipinski definition) is 2. The molecule has 0 saturated carbocycles. The van der Waals surface area contributed by atoms with Crippen LogP contribution in [-0.4, -0.2) is 23.3 Å². The van der Waals surface area contributed by atoms with E-state index in [2.05, 4.69) is 64.2 Å². The second kappa shape index (κ2) is 6.73. The van der Waals surface area contributed by atoms with E-state index in [4.69, 9.17) is 0 Å². The van der Waals surface area contributed by atoms with Gasteiger partial charge in [-0.15, -0.1) is 0 Å². The Morgan fingerprint density at radius 1 is 1.05 bits per heavy atom. The molecule has 0 aliphatic heterocycles. The van der Waals surface area contributed by atoms with E-state index in [1.54, 1.807) is 0 Å². The minimum absolute atomic E-state index is 0.183. The van der Waals surface area contributed by atoms with Crippen molar-refractivity contribution in [2.24, 2.45) is 0 Å². The molecule has 114 valence electrons. The number of aliphatic hydroxyl groups is 1. The standard InChI is InChI=1S/C18H31NO/c1-14(2)19-12-11-18(6,20)13-15-7-9-16(10-8-15)17(3,4)5/h7-10,14,19-20H,11-13H2,1-6H3. The van der Waals surface area contributed by atoms with Gasteiger partial charge in [-0.3, -0.25) is 0 Å². The number of benzene rings is 1. The first-order chi connectivity index (χ1) is 9.10. The summed E-state index contributed by atoms with van der Waals surface area (Å²) in [5.74, 6) is 0. The maximum absolute atomic E-state index is 10.5. The molecule has 0 spiro atoms. The maximum atomic E-state index is 10.5. The van der Waals surface area contributed by atoms with Crippen LogP contribution in [0.3, 0.4) is 0 Å². The third-order valence-electron chi connectivity index (χ3n) is 3.62. The van der Waals surface area contributed by atoms with Crippen LogP contribution in [0.5, 0.6) is 0 Å². The number of rotatable bonds is 6. The average Bonchev–Trinajstić information content (AvgIpc) is 2.26. The van der Waals surface area contributed by atoms with Crippen LogP contribution in [-0.2, 0) is 11.8 Å². The summed E-state index contributed by atoms with van der Waals surface area (Å²) in [7, 11) is 0. The van der Waals surface area contributed by atoms with Gasteiger partial charge in [-0.2, -0.15) is 0 Å². The summed E-state index contributed by atoms with van der Waals surface area (Å²) < 4.78 is 0. The first-order valence-corrected chi connectivity index (χ1v) is 7.65. The zero-order chi connectivity index (χ0) is 15.4. The van der Waals surface area contributed by atoms with E-state index in [9.17, 15) is 5.11 Å². The van der Waals surface area contributed by atoms with E-state index < -0.39 is 5.60 Å². The fourth-order valence-electron chi connectivity index (χ4n) is 2.28. The lowest BCUT2D eigenvalue weighted by Crippen LogP contribution is -2.34. The molecule has 2 N–H and O–H groups in total. The molecule has 0 amide bonds. The fraction of sp³-hybridized carbons (Fsp3) is 0.667. The Bertz CT molecular complexity index is 398. The summed E-state index contributed by atoms with van der Waals surface area (Å²) in [4.78, 5) is 0. The lowest BCUT2D eigenvalue weighted by atomic mass is 9.85. The van der Waals surface area contributed by atoms with Gasteiger partial charge >= 0.3 is 0 Å². The van der Waals surface area contributed by atoms with Crippen molar-refractivity contribution in [2.75, 3.05) is 6.54 Å². The number of hydrogen-bond acceptors (Lipinski definition) is 2. The average molecular weight is 277 g/mol. The van der Waals surface area contributed by atoms with Crippen molar-refractivity contribution in [3.05, 3.63) is 35.4 Å². The molecule has 1 atom stereocenters. The summed E-state index contributed by atoms with van der Waals surface area (Å²) in [6.07, 6.45) is 1.48. The molecule has 20 heavy (non-hydrogen) atoms. The summed E-state index contributed by atoms with van der Waals surface area (Å²) in [5, 5.41) is 13.8. The topological polar surface area (TPSA) is 32.3 Å². The molecule has 2 nitrogen and oxygen atoms in total. The van der Waals surface area contributed by atoms with Crippen molar-refractivity contribution in [3.63, 3.8) is 0 Å². The highest BCUT2D eigenvalue weighted by Crippen LogP contribution is 2.24. The van der Waals surface area contributed by atoms with Crippen molar-refractivity contribution in [2.45, 2.75) is 71.4 Å². The Hall–Kier alpha value is -0.860. The third-order valence-corrected chi connectivity index (χ3v) is 3.62. The van der Waals surface area contributed by atoms with E-state index >= 15 is 0 Å². The van der Waals surface area contributed by atoms with Gasteiger partial charge in [0.05, 0.1) is 5.60 Å². The highest BCUT2D eigenvalue weighted by molar-refractivity contribution is 5.28. The van der Waals surface area contributed by atoms with Gasteiger partial charge in [0.25, 0.3) is 0 Å². The van der Waals surface area contributed by atoms with Crippen LogP contribution >= 0.6 is 0 Å². The van der Waals surface area contributed by atoms with Gasteiger partial charge in [-0.05, 0) is 36.4 Å². The van der Waals surface area contributed by atoms with Crippen LogP contribution in [0.1, 0.15) is 59.1 Å². The van der Waals surface area contributed by atoms with Gasteiger partial charge in [0.2, 0.25) is 0 Å². The molecule has 0 bridgehead atoms. The maximum Gasteiger partial charge on any atom is 0.0672 e. The molecular formula is C18H31NO. The quantitative estimate of drug-likeness (QED) is 0.831. The normalized spacial score (nSPS) is 15.4. The molecule has 2 heteroatoms. The highest BCUT2D eigenvalue weighted by Gasteiger charge is 2.21. The third kappa shape index (κ3) is 6.06. The van der Waals surface area contributed by atoms with Gasteiger partial charge in [0.15, 0.2) is 0 Å². The predicted octanol–water partition coefficient (Wildman–Crippen LogP) is 3.67. The van der Waals surface area contributed by atoms with Gasteiger partial charge in [-0.25, -0.2) is 0 Å². The minimum Gasteiger partial charge on any atom is -0.390 e. The lowest BCUT2D eigenvalue weighted by Gasteiger charge is -2.25. The molecule has 0 aliphatic carbocycles. The van der Waals surface area contributed by atoms with E-state index in [-0.39, 0.29) is 5.41 Å². The molecule has 0 aliphatic rings. The fourth-order valence-corrected chi connectivity index (χ4v) is 2.28. The molecule has 1 aromatic carbocycles. The van der Waals surface area contributed by atoms with Gasteiger partial charge in [-0.1, -0.05) is 58.9 Å². The van der Waals surface area contributed by atoms with Crippen LogP contribution in [0.25, 0.3) is 0 Å². The van der Waals surface area contributed by atoms with Crippen molar-refractivity contribution < 1.29 is 5.11 Å². The van der Waals surface area contributed by atoms with E-state index in [1.807, 2.05) is 6.92 Å². The Morgan fingerprint density at radius 3 is 2.05 bits per heavy atom. The lowest BCUT2D eigenvalue weighted by molar-refractivity contribution is 0.0511. The second-order valence-electron chi connectivity index (χ2n) is 7.48. The Balaban J connectivity index is 2.59. The zero-order valence-corrected chi connectivity index (χ0v) is 14.0. The second-order valence-corrected chi connectivity index (χ2v) is 7.48.